The van der Waals surface area contributed by atoms with Crippen molar-refractivity contribution in [3.63, 3.8) is 0 Å². The molecule has 2 fully saturated rings. The van der Waals surface area contributed by atoms with Gasteiger partial charge in [-0.25, -0.2) is 0 Å². The van der Waals surface area contributed by atoms with Crippen molar-refractivity contribution in [2.45, 2.75) is 11.7 Å². The number of aliphatic hydroxyl groups excluding tert-OH is 1. The molecule has 5 nitrogen and oxygen atoms in total. The van der Waals surface area contributed by atoms with E-state index < -0.39 is 17.4 Å². The fraction of sp³-hybridized carbons (Fsp3) is 0.556. The Balaban J connectivity index is 2.10. The van der Waals surface area contributed by atoms with Gasteiger partial charge < -0.3 is 9.84 Å². The lowest BCUT2D eigenvalue weighted by Gasteiger charge is -2.24. The van der Waals surface area contributed by atoms with Crippen molar-refractivity contribution in [1.29, 1.82) is 0 Å². The first kappa shape index (κ1) is 8.14. The maximum absolute atomic E-state index is 11.5. The van der Waals surface area contributed by atoms with Gasteiger partial charge in [-0.15, -0.1) is 0 Å². The standard InChI is InChI=1S/C9H9NO4/c11-3-9-2-1-4(14-9)5-6(9)8(13)10-7(5)12/h1-2,4-6,11H,3H2,(H,10,12,13)/t4-,5-,6+,9-/m1/s1. The highest BCUT2D eigenvalue weighted by atomic mass is 16.5. The summed E-state index contributed by atoms with van der Waals surface area (Å²) < 4.78 is 5.47. The first-order valence-corrected chi connectivity index (χ1v) is 4.51. The second-order valence-electron chi connectivity index (χ2n) is 3.91. The Hall–Kier alpha value is -1.20. The molecule has 4 atom stereocenters. The number of imide groups is 1. The minimum absolute atomic E-state index is 0.262. The lowest BCUT2D eigenvalue weighted by molar-refractivity contribution is -0.131. The number of ether oxygens (including phenoxy) is 1. The van der Waals surface area contributed by atoms with E-state index in [9.17, 15) is 14.7 Å². The van der Waals surface area contributed by atoms with Crippen molar-refractivity contribution in [2.24, 2.45) is 11.8 Å². The summed E-state index contributed by atoms with van der Waals surface area (Å²) in [4.78, 5) is 22.8. The van der Waals surface area contributed by atoms with Gasteiger partial charge in [-0.3, -0.25) is 14.9 Å². The van der Waals surface area contributed by atoms with Gasteiger partial charge in [0.25, 0.3) is 0 Å². The Morgan fingerprint density at radius 1 is 1.50 bits per heavy atom. The van der Waals surface area contributed by atoms with E-state index in [2.05, 4.69) is 5.32 Å². The van der Waals surface area contributed by atoms with Gasteiger partial charge in [0.15, 0.2) is 0 Å². The molecule has 5 heteroatoms. The molecule has 3 heterocycles. The zero-order valence-corrected chi connectivity index (χ0v) is 7.27. The van der Waals surface area contributed by atoms with Gasteiger partial charge >= 0.3 is 0 Å². The minimum Gasteiger partial charge on any atom is -0.393 e. The quantitative estimate of drug-likeness (QED) is 0.397. The summed E-state index contributed by atoms with van der Waals surface area (Å²) in [7, 11) is 0. The molecule has 0 aromatic heterocycles. The van der Waals surface area contributed by atoms with Gasteiger partial charge in [-0.05, 0) is 0 Å². The minimum atomic E-state index is -0.953. The van der Waals surface area contributed by atoms with Gasteiger partial charge in [-0.1, -0.05) is 12.2 Å². The maximum atomic E-state index is 11.5. The fourth-order valence-corrected chi connectivity index (χ4v) is 2.61. The van der Waals surface area contributed by atoms with Crippen molar-refractivity contribution in [2.75, 3.05) is 6.61 Å². The molecule has 2 saturated heterocycles. The first-order valence-electron chi connectivity index (χ1n) is 4.51. The Morgan fingerprint density at radius 2 is 2.29 bits per heavy atom. The smallest absolute Gasteiger partial charge is 0.233 e. The predicted molar refractivity (Wildman–Crippen MR) is 44.0 cm³/mol. The summed E-state index contributed by atoms with van der Waals surface area (Å²) in [5, 5.41) is 11.5. The van der Waals surface area contributed by atoms with E-state index in [1.54, 1.807) is 12.2 Å². The van der Waals surface area contributed by atoms with Crippen LogP contribution in [-0.4, -0.2) is 35.2 Å². The van der Waals surface area contributed by atoms with Crippen LogP contribution in [0.25, 0.3) is 0 Å². The second-order valence-corrected chi connectivity index (χ2v) is 3.91. The number of fused-ring (bicyclic) bond motifs is 5. The molecule has 0 radical (unpaired) electrons. The molecule has 0 aromatic carbocycles. The van der Waals surface area contributed by atoms with Crippen molar-refractivity contribution in [1.82, 2.24) is 5.32 Å². The molecule has 0 spiro atoms. The third-order valence-electron chi connectivity index (χ3n) is 3.24. The fourth-order valence-electron chi connectivity index (χ4n) is 2.61. The molecule has 74 valence electrons. The van der Waals surface area contributed by atoms with Crippen molar-refractivity contribution in [3.05, 3.63) is 12.2 Å². The lowest BCUT2D eigenvalue weighted by Crippen LogP contribution is -2.42. The Labute approximate surface area is 79.7 Å². The molecule has 2 amide bonds. The summed E-state index contributed by atoms with van der Waals surface area (Å²) in [5.74, 6) is -1.61. The number of nitrogens with one attached hydrogen (secondary N) is 1. The molecular formula is C9H9NO4. The van der Waals surface area contributed by atoms with Crippen molar-refractivity contribution < 1.29 is 19.4 Å². The number of amides is 2. The normalized spacial score (nSPS) is 48.5. The van der Waals surface area contributed by atoms with Crippen LogP contribution in [0.3, 0.4) is 0 Å². The third kappa shape index (κ3) is 0.689. The van der Waals surface area contributed by atoms with Crippen molar-refractivity contribution in [3.8, 4) is 0 Å². The second kappa shape index (κ2) is 2.24. The SMILES string of the molecule is O=C1NC(=O)[C@@H]2[C@H]1[C@H]1C=C[C@]2(CO)O1. The van der Waals surface area contributed by atoms with Crippen LogP contribution in [0.2, 0.25) is 0 Å². The Morgan fingerprint density at radius 3 is 3.00 bits per heavy atom. The zero-order valence-electron chi connectivity index (χ0n) is 7.27. The highest BCUT2D eigenvalue weighted by Crippen LogP contribution is 2.49. The topological polar surface area (TPSA) is 75.6 Å². The number of carbonyl (C=O) groups excluding carboxylic acids is 2. The molecule has 2 N–H and O–H groups in total. The van der Waals surface area contributed by atoms with Crippen LogP contribution in [0, 0.1) is 11.8 Å². The number of carbonyl (C=O) groups is 2. The van der Waals surface area contributed by atoms with Crippen LogP contribution < -0.4 is 5.32 Å². The Bertz CT molecular complexity index is 364. The number of hydrogen-bond acceptors (Lipinski definition) is 4. The van der Waals surface area contributed by atoms with Crippen LogP contribution in [0.15, 0.2) is 12.2 Å². The molecule has 0 aromatic rings. The van der Waals surface area contributed by atoms with Gasteiger partial charge in [-0.2, -0.15) is 0 Å². The largest absolute Gasteiger partial charge is 0.393 e. The van der Waals surface area contributed by atoms with E-state index in [0.29, 0.717) is 0 Å². The molecule has 3 aliphatic heterocycles. The third-order valence-corrected chi connectivity index (χ3v) is 3.24. The molecule has 3 rings (SSSR count). The number of aliphatic hydroxyl groups is 1. The van der Waals surface area contributed by atoms with E-state index in [-0.39, 0.29) is 24.5 Å². The highest BCUT2D eigenvalue weighted by Gasteiger charge is 2.65. The molecule has 0 saturated carbocycles. The van der Waals surface area contributed by atoms with E-state index in [1.165, 1.54) is 0 Å². The number of hydrogen-bond donors (Lipinski definition) is 2. The van der Waals surface area contributed by atoms with Crippen molar-refractivity contribution >= 4 is 11.8 Å². The maximum Gasteiger partial charge on any atom is 0.233 e. The molecule has 14 heavy (non-hydrogen) atoms. The van der Waals surface area contributed by atoms with E-state index in [4.69, 9.17) is 4.74 Å². The highest BCUT2D eigenvalue weighted by molar-refractivity contribution is 6.07. The monoisotopic (exact) mass is 195 g/mol. The first-order chi connectivity index (χ1) is 6.68. The zero-order chi connectivity index (χ0) is 9.92. The average molecular weight is 195 g/mol. The summed E-state index contributed by atoms with van der Waals surface area (Å²) in [6.07, 6.45) is 3.09. The Kier molecular flexibility index (Phi) is 1.30. The van der Waals surface area contributed by atoms with Gasteiger partial charge in [0.05, 0.1) is 24.5 Å². The summed E-state index contributed by atoms with van der Waals surface area (Å²) in [5.41, 5.74) is -0.953. The lowest BCUT2D eigenvalue weighted by atomic mass is 9.77. The predicted octanol–water partition coefficient (Wildman–Crippen LogP) is -1.43. The molecular weight excluding hydrogens is 186 g/mol. The van der Waals surface area contributed by atoms with Crippen LogP contribution in [0.1, 0.15) is 0 Å². The van der Waals surface area contributed by atoms with E-state index in [0.717, 1.165) is 0 Å². The summed E-state index contributed by atoms with van der Waals surface area (Å²) in [6.45, 7) is -0.262. The van der Waals surface area contributed by atoms with Gasteiger partial charge in [0.2, 0.25) is 11.8 Å². The van der Waals surface area contributed by atoms with E-state index in [1.807, 2.05) is 0 Å². The van der Waals surface area contributed by atoms with E-state index >= 15 is 0 Å². The summed E-state index contributed by atoms with van der Waals surface area (Å²) in [6, 6.07) is 0. The number of rotatable bonds is 1. The van der Waals surface area contributed by atoms with Gasteiger partial charge in [0, 0.05) is 0 Å². The van der Waals surface area contributed by atoms with Crippen LogP contribution in [0.4, 0.5) is 0 Å². The van der Waals surface area contributed by atoms with Crippen LogP contribution in [0.5, 0.6) is 0 Å². The van der Waals surface area contributed by atoms with Gasteiger partial charge in [0.1, 0.15) is 5.60 Å². The average Bonchev–Trinajstić information content (AvgIpc) is 2.78. The summed E-state index contributed by atoms with van der Waals surface area (Å²) >= 11 is 0. The molecule has 3 aliphatic rings. The molecule has 2 bridgehead atoms. The molecule has 0 unspecified atom stereocenters. The van der Waals surface area contributed by atoms with Crippen LogP contribution in [-0.2, 0) is 14.3 Å². The molecule has 0 aliphatic carbocycles. The van der Waals surface area contributed by atoms with Crippen LogP contribution >= 0.6 is 0 Å².